The van der Waals surface area contributed by atoms with Crippen LogP contribution in [0.5, 0.6) is 28.7 Å². The Labute approximate surface area is 173 Å². The van der Waals surface area contributed by atoms with Gasteiger partial charge in [0.25, 0.3) is 0 Å². The Balaban J connectivity index is 1.74. The monoisotopic (exact) mass is 404 g/mol. The minimum absolute atomic E-state index is 0.615. The van der Waals surface area contributed by atoms with Gasteiger partial charge >= 0.3 is 0 Å². The van der Waals surface area contributed by atoms with E-state index in [9.17, 15) is 0 Å². The summed E-state index contributed by atoms with van der Waals surface area (Å²) in [6, 6.07) is 9.91. The standard InChI is InChI=1S/C23H32O6/c1-24-19-12-17(13-20(16-19)25-2)8-6-10-29-11-7-9-18-14-21(26-3)23(28-5)22(15-18)27-4/h12-16H,6-11H2,1-5H3. The van der Waals surface area contributed by atoms with Crippen LogP contribution in [0.1, 0.15) is 24.0 Å². The predicted molar refractivity (Wildman–Crippen MR) is 113 cm³/mol. The molecule has 0 aromatic heterocycles. The molecule has 2 aromatic carbocycles. The Morgan fingerprint density at radius 1 is 0.552 bits per heavy atom. The summed E-state index contributed by atoms with van der Waals surface area (Å²) in [5, 5.41) is 0. The van der Waals surface area contributed by atoms with Gasteiger partial charge in [0.05, 0.1) is 35.5 Å². The molecule has 6 nitrogen and oxygen atoms in total. The van der Waals surface area contributed by atoms with Crippen LogP contribution in [0.2, 0.25) is 0 Å². The van der Waals surface area contributed by atoms with Gasteiger partial charge in [0, 0.05) is 19.3 Å². The van der Waals surface area contributed by atoms with Crippen LogP contribution in [0.25, 0.3) is 0 Å². The molecule has 0 aliphatic rings. The third kappa shape index (κ3) is 6.75. The van der Waals surface area contributed by atoms with E-state index in [1.807, 2.05) is 30.3 Å². The summed E-state index contributed by atoms with van der Waals surface area (Å²) in [7, 11) is 8.19. The molecule has 0 spiro atoms. The van der Waals surface area contributed by atoms with Crippen LogP contribution in [0, 0.1) is 0 Å². The van der Waals surface area contributed by atoms with Gasteiger partial charge < -0.3 is 28.4 Å². The predicted octanol–water partition coefficient (Wildman–Crippen LogP) is 4.31. The first-order chi connectivity index (χ1) is 14.1. The molecular formula is C23H32O6. The van der Waals surface area contributed by atoms with Crippen LogP contribution in [0.3, 0.4) is 0 Å². The fraction of sp³-hybridized carbons (Fsp3) is 0.478. The second-order valence-electron chi connectivity index (χ2n) is 6.57. The van der Waals surface area contributed by atoms with Crippen molar-refractivity contribution in [2.24, 2.45) is 0 Å². The van der Waals surface area contributed by atoms with Gasteiger partial charge in [-0.05, 0) is 61.1 Å². The summed E-state index contributed by atoms with van der Waals surface area (Å²) in [4.78, 5) is 0. The number of hydrogen-bond donors (Lipinski definition) is 0. The molecule has 160 valence electrons. The van der Waals surface area contributed by atoms with Crippen LogP contribution in [0.15, 0.2) is 30.3 Å². The van der Waals surface area contributed by atoms with E-state index in [0.29, 0.717) is 23.9 Å². The lowest BCUT2D eigenvalue weighted by atomic mass is 10.1. The lowest BCUT2D eigenvalue weighted by Gasteiger charge is -2.14. The molecule has 0 heterocycles. The number of methoxy groups -OCH3 is 5. The number of benzene rings is 2. The number of rotatable bonds is 13. The molecule has 0 fully saturated rings. The SMILES string of the molecule is COc1cc(CCCOCCCc2cc(OC)c(OC)c(OC)c2)cc(OC)c1. The van der Waals surface area contributed by atoms with E-state index in [0.717, 1.165) is 49.4 Å². The average molecular weight is 405 g/mol. The molecular weight excluding hydrogens is 372 g/mol. The summed E-state index contributed by atoms with van der Waals surface area (Å²) in [5.41, 5.74) is 2.31. The van der Waals surface area contributed by atoms with E-state index in [-0.39, 0.29) is 0 Å². The fourth-order valence-electron chi connectivity index (χ4n) is 3.15. The first-order valence-electron chi connectivity index (χ1n) is 9.73. The van der Waals surface area contributed by atoms with Crippen molar-refractivity contribution in [2.75, 3.05) is 48.8 Å². The molecule has 2 aromatic rings. The van der Waals surface area contributed by atoms with E-state index in [2.05, 4.69) is 0 Å². The van der Waals surface area contributed by atoms with Gasteiger partial charge in [0.15, 0.2) is 11.5 Å². The Kier molecular flexibility index (Phi) is 9.44. The van der Waals surface area contributed by atoms with Gasteiger partial charge in [-0.3, -0.25) is 0 Å². The molecule has 0 aliphatic heterocycles. The van der Waals surface area contributed by atoms with Gasteiger partial charge in [-0.15, -0.1) is 0 Å². The van der Waals surface area contributed by atoms with E-state index < -0.39 is 0 Å². The van der Waals surface area contributed by atoms with Crippen molar-refractivity contribution >= 4 is 0 Å². The summed E-state index contributed by atoms with van der Waals surface area (Å²) in [6.07, 6.45) is 3.66. The Morgan fingerprint density at radius 3 is 1.45 bits per heavy atom. The van der Waals surface area contributed by atoms with E-state index in [1.54, 1.807) is 35.5 Å². The van der Waals surface area contributed by atoms with Crippen LogP contribution in [-0.4, -0.2) is 48.8 Å². The van der Waals surface area contributed by atoms with E-state index >= 15 is 0 Å². The zero-order valence-corrected chi connectivity index (χ0v) is 18.1. The minimum atomic E-state index is 0.615. The second kappa shape index (κ2) is 12.1. The molecule has 0 radical (unpaired) electrons. The maximum atomic E-state index is 5.80. The van der Waals surface area contributed by atoms with E-state index in [4.69, 9.17) is 28.4 Å². The normalized spacial score (nSPS) is 10.5. The van der Waals surface area contributed by atoms with Crippen LogP contribution in [0.4, 0.5) is 0 Å². The van der Waals surface area contributed by atoms with Crippen LogP contribution < -0.4 is 23.7 Å². The third-order valence-electron chi connectivity index (χ3n) is 4.64. The summed E-state index contributed by atoms with van der Waals surface area (Å²) in [6.45, 7) is 1.42. The topological polar surface area (TPSA) is 55.4 Å². The van der Waals surface area contributed by atoms with Crippen molar-refractivity contribution in [3.8, 4) is 28.7 Å². The smallest absolute Gasteiger partial charge is 0.203 e. The van der Waals surface area contributed by atoms with Crippen LogP contribution in [-0.2, 0) is 17.6 Å². The summed E-state index contributed by atoms with van der Waals surface area (Å²) < 4.78 is 32.6. The quantitative estimate of drug-likeness (QED) is 0.464. The molecule has 0 saturated carbocycles. The van der Waals surface area contributed by atoms with Gasteiger partial charge in [-0.1, -0.05) is 0 Å². The lowest BCUT2D eigenvalue weighted by molar-refractivity contribution is 0.129. The molecule has 29 heavy (non-hydrogen) atoms. The highest BCUT2D eigenvalue weighted by molar-refractivity contribution is 5.53. The fourth-order valence-corrected chi connectivity index (χ4v) is 3.15. The Morgan fingerprint density at radius 2 is 1.03 bits per heavy atom. The molecule has 2 rings (SSSR count). The number of ether oxygens (including phenoxy) is 6. The van der Waals surface area contributed by atoms with Crippen molar-refractivity contribution in [1.29, 1.82) is 0 Å². The lowest BCUT2D eigenvalue weighted by Crippen LogP contribution is -2.02. The van der Waals surface area contributed by atoms with Gasteiger partial charge in [-0.2, -0.15) is 0 Å². The first-order valence-corrected chi connectivity index (χ1v) is 9.73. The van der Waals surface area contributed by atoms with Crippen molar-refractivity contribution < 1.29 is 28.4 Å². The largest absolute Gasteiger partial charge is 0.497 e. The minimum Gasteiger partial charge on any atom is -0.497 e. The molecule has 0 aliphatic carbocycles. The van der Waals surface area contributed by atoms with E-state index in [1.165, 1.54) is 5.56 Å². The molecule has 0 bridgehead atoms. The number of hydrogen-bond acceptors (Lipinski definition) is 6. The average Bonchev–Trinajstić information content (AvgIpc) is 2.77. The first kappa shape index (κ1) is 22.7. The maximum absolute atomic E-state index is 5.80. The highest BCUT2D eigenvalue weighted by Crippen LogP contribution is 2.38. The van der Waals surface area contributed by atoms with Crippen molar-refractivity contribution in [2.45, 2.75) is 25.7 Å². The van der Waals surface area contributed by atoms with Crippen LogP contribution >= 0.6 is 0 Å². The van der Waals surface area contributed by atoms with Crippen molar-refractivity contribution in [3.05, 3.63) is 41.5 Å². The molecule has 6 heteroatoms. The Bertz CT molecular complexity index is 712. The van der Waals surface area contributed by atoms with Crippen molar-refractivity contribution in [1.82, 2.24) is 0 Å². The molecule has 0 N–H and O–H groups in total. The van der Waals surface area contributed by atoms with Gasteiger partial charge in [0.1, 0.15) is 11.5 Å². The van der Waals surface area contributed by atoms with Gasteiger partial charge in [0.2, 0.25) is 5.75 Å². The summed E-state index contributed by atoms with van der Waals surface area (Å²) >= 11 is 0. The summed E-state index contributed by atoms with van der Waals surface area (Å²) in [5.74, 6) is 3.59. The molecule has 0 unspecified atom stereocenters. The molecule has 0 atom stereocenters. The zero-order chi connectivity index (χ0) is 21.1. The highest BCUT2D eigenvalue weighted by Gasteiger charge is 2.12. The molecule has 0 saturated heterocycles. The second-order valence-corrected chi connectivity index (χ2v) is 6.57. The zero-order valence-electron chi connectivity index (χ0n) is 18.1. The molecule has 0 amide bonds. The maximum Gasteiger partial charge on any atom is 0.203 e. The van der Waals surface area contributed by atoms with Crippen molar-refractivity contribution in [3.63, 3.8) is 0 Å². The third-order valence-corrected chi connectivity index (χ3v) is 4.64. The number of aryl methyl sites for hydroxylation is 2. The highest BCUT2D eigenvalue weighted by atomic mass is 16.5. The van der Waals surface area contributed by atoms with Gasteiger partial charge in [-0.25, -0.2) is 0 Å². The Hall–Kier alpha value is -2.60.